The van der Waals surface area contributed by atoms with Gasteiger partial charge in [0.25, 0.3) is 5.91 Å². The van der Waals surface area contributed by atoms with E-state index in [1.54, 1.807) is 31.2 Å². The molecule has 0 aliphatic heterocycles. The molecule has 0 saturated carbocycles. The summed E-state index contributed by atoms with van der Waals surface area (Å²) in [6, 6.07) is 14.4. The van der Waals surface area contributed by atoms with Gasteiger partial charge in [-0.15, -0.1) is 0 Å². The molecule has 0 fully saturated rings. The molecule has 152 valence electrons. The van der Waals surface area contributed by atoms with Crippen LogP contribution in [-0.4, -0.2) is 34.4 Å². The fourth-order valence-corrected chi connectivity index (χ4v) is 3.22. The van der Waals surface area contributed by atoms with Gasteiger partial charge in [-0.25, -0.2) is 4.98 Å². The molecule has 2 aromatic carbocycles. The summed E-state index contributed by atoms with van der Waals surface area (Å²) in [5.74, 6) is 1.34. The van der Waals surface area contributed by atoms with Gasteiger partial charge >= 0.3 is 0 Å². The lowest BCUT2D eigenvalue weighted by molar-refractivity contribution is -0.123. The summed E-state index contributed by atoms with van der Waals surface area (Å²) in [5.41, 5.74) is 1.82. The maximum atomic E-state index is 12.0. The maximum absolute atomic E-state index is 12.0. The largest absolute Gasteiger partial charge is 0.484 e. The van der Waals surface area contributed by atoms with Crippen molar-refractivity contribution in [3.63, 3.8) is 0 Å². The van der Waals surface area contributed by atoms with Crippen LogP contribution in [-0.2, 0) is 16.0 Å². The number of ether oxygens (including phenoxy) is 1. The first-order valence-corrected chi connectivity index (χ1v) is 9.95. The predicted octanol–water partition coefficient (Wildman–Crippen LogP) is 3.97. The zero-order valence-corrected chi connectivity index (χ0v) is 17.3. The second-order valence-corrected chi connectivity index (χ2v) is 7.31. The summed E-state index contributed by atoms with van der Waals surface area (Å²) < 4.78 is 7.42. The third-order valence-electron chi connectivity index (χ3n) is 4.73. The van der Waals surface area contributed by atoms with Gasteiger partial charge in [-0.05, 0) is 56.7 Å². The van der Waals surface area contributed by atoms with E-state index in [9.17, 15) is 9.59 Å². The number of para-hydroxylation sites is 2. The smallest absolute Gasteiger partial charge is 0.257 e. The SMILES string of the molecule is CC(=O)C(C)n1c(CCCNC(=O)COc2ccc(Cl)cc2)nc2ccccc21. The first-order chi connectivity index (χ1) is 14.0. The van der Waals surface area contributed by atoms with E-state index >= 15 is 0 Å². The van der Waals surface area contributed by atoms with Gasteiger partial charge in [-0.1, -0.05) is 23.7 Å². The molecule has 1 amide bonds. The number of Topliss-reactive ketones (excluding diaryl/α,β-unsaturated/α-hetero) is 1. The third kappa shape index (κ3) is 5.35. The van der Waals surface area contributed by atoms with Crippen LogP contribution in [0.1, 0.15) is 32.1 Å². The van der Waals surface area contributed by atoms with Crippen molar-refractivity contribution in [3.05, 3.63) is 59.4 Å². The molecule has 0 saturated heterocycles. The van der Waals surface area contributed by atoms with Crippen LogP contribution >= 0.6 is 11.6 Å². The fraction of sp³-hybridized carbons (Fsp3) is 0.318. The van der Waals surface area contributed by atoms with E-state index in [4.69, 9.17) is 16.3 Å². The van der Waals surface area contributed by atoms with Crippen molar-refractivity contribution in [1.82, 2.24) is 14.9 Å². The Balaban J connectivity index is 1.53. The van der Waals surface area contributed by atoms with Gasteiger partial charge in [0.15, 0.2) is 12.4 Å². The van der Waals surface area contributed by atoms with Gasteiger partial charge in [-0.3, -0.25) is 9.59 Å². The van der Waals surface area contributed by atoms with Crippen LogP contribution in [0.15, 0.2) is 48.5 Å². The molecule has 3 aromatic rings. The van der Waals surface area contributed by atoms with Crippen LogP contribution in [0.3, 0.4) is 0 Å². The lowest BCUT2D eigenvalue weighted by Crippen LogP contribution is -2.30. The molecular weight excluding hydrogens is 390 g/mol. The summed E-state index contributed by atoms with van der Waals surface area (Å²) in [5, 5.41) is 3.46. The summed E-state index contributed by atoms with van der Waals surface area (Å²) in [4.78, 5) is 28.6. The predicted molar refractivity (Wildman–Crippen MR) is 113 cm³/mol. The van der Waals surface area contributed by atoms with Crippen molar-refractivity contribution in [2.24, 2.45) is 0 Å². The molecule has 1 N–H and O–H groups in total. The number of benzene rings is 2. The van der Waals surface area contributed by atoms with Crippen LogP contribution in [0, 0.1) is 0 Å². The van der Waals surface area contributed by atoms with Crippen molar-refractivity contribution in [3.8, 4) is 5.75 Å². The van der Waals surface area contributed by atoms with Crippen LogP contribution in [0.4, 0.5) is 0 Å². The maximum Gasteiger partial charge on any atom is 0.257 e. The fourth-order valence-electron chi connectivity index (χ4n) is 3.09. The van der Waals surface area contributed by atoms with E-state index in [0.717, 1.165) is 16.9 Å². The number of hydrogen-bond acceptors (Lipinski definition) is 4. The summed E-state index contributed by atoms with van der Waals surface area (Å²) in [6.45, 7) is 3.92. The first-order valence-electron chi connectivity index (χ1n) is 9.57. The Morgan fingerprint density at radius 2 is 1.90 bits per heavy atom. The minimum atomic E-state index is -0.278. The van der Waals surface area contributed by atoms with Crippen molar-refractivity contribution in [2.75, 3.05) is 13.2 Å². The van der Waals surface area contributed by atoms with Gasteiger partial charge in [0.2, 0.25) is 0 Å². The summed E-state index contributed by atoms with van der Waals surface area (Å²) in [6.07, 6.45) is 1.37. The number of carbonyl (C=O) groups is 2. The molecule has 1 aromatic heterocycles. The number of fused-ring (bicyclic) bond motifs is 1. The van der Waals surface area contributed by atoms with E-state index < -0.39 is 0 Å². The molecule has 29 heavy (non-hydrogen) atoms. The van der Waals surface area contributed by atoms with Crippen molar-refractivity contribution in [1.29, 1.82) is 0 Å². The van der Waals surface area contributed by atoms with E-state index in [2.05, 4.69) is 10.3 Å². The highest BCUT2D eigenvalue weighted by atomic mass is 35.5. The molecule has 1 heterocycles. The lowest BCUT2D eigenvalue weighted by atomic mass is 10.2. The molecule has 0 spiro atoms. The van der Waals surface area contributed by atoms with Gasteiger partial charge in [0.05, 0.1) is 17.1 Å². The number of nitrogens with one attached hydrogen (secondary N) is 1. The van der Waals surface area contributed by atoms with E-state index in [1.165, 1.54) is 0 Å². The molecule has 0 bridgehead atoms. The highest BCUT2D eigenvalue weighted by Gasteiger charge is 2.18. The quantitative estimate of drug-likeness (QED) is 0.539. The van der Waals surface area contributed by atoms with Gasteiger partial charge in [0.1, 0.15) is 11.6 Å². The van der Waals surface area contributed by atoms with E-state index in [1.807, 2.05) is 35.8 Å². The molecular formula is C22H24ClN3O3. The number of aryl methyl sites for hydroxylation is 1. The number of amides is 1. The Hall–Kier alpha value is -2.86. The molecule has 7 heteroatoms. The number of aromatic nitrogens is 2. The normalized spacial score (nSPS) is 12.0. The number of rotatable bonds is 9. The number of halogens is 1. The van der Waals surface area contributed by atoms with Crippen molar-refractivity contribution >= 4 is 34.3 Å². The Bertz CT molecular complexity index is 998. The first kappa shape index (κ1) is 20.9. The van der Waals surface area contributed by atoms with Crippen LogP contribution in [0.2, 0.25) is 5.02 Å². The lowest BCUT2D eigenvalue weighted by Gasteiger charge is -2.15. The van der Waals surface area contributed by atoms with Gasteiger partial charge < -0.3 is 14.6 Å². The monoisotopic (exact) mass is 413 g/mol. The average Bonchev–Trinajstić information content (AvgIpc) is 3.08. The van der Waals surface area contributed by atoms with Crippen molar-refractivity contribution in [2.45, 2.75) is 32.7 Å². The minimum absolute atomic E-state index is 0.0541. The third-order valence-corrected chi connectivity index (χ3v) is 4.98. The second kappa shape index (κ2) is 9.56. The summed E-state index contributed by atoms with van der Waals surface area (Å²) >= 11 is 5.82. The molecule has 3 rings (SSSR count). The number of hydrogen-bond donors (Lipinski definition) is 1. The minimum Gasteiger partial charge on any atom is -0.484 e. The van der Waals surface area contributed by atoms with E-state index in [0.29, 0.717) is 30.2 Å². The zero-order chi connectivity index (χ0) is 20.8. The number of ketones is 1. The highest BCUT2D eigenvalue weighted by molar-refractivity contribution is 6.30. The Morgan fingerprint density at radius 1 is 1.17 bits per heavy atom. The average molecular weight is 414 g/mol. The number of carbonyl (C=O) groups excluding carboxylic acids is 2. The molecule has 0 aliphatic rings. The molecule has 6 nitrogen and oxygen atoms in total. The molecule has 0 aliphatic carbocycles. The zero-order valence-electron chi connectivity index (χ0n) is 16.5. The molecule has 1 atom stereocenters. The van der Waals surface area contributed by atoms with Crippen LogP contribution in [0.5, 0.6) is 5.75 Å². The molecule has 0 radical (unpaired) electrons. The van der Waals surface area contributed by atoms with E-state index in [-0.39, 0.29) is 24.3 Å². The van der Waals surface area contributed by atoms with Gasteiger partial charge in [-0.2, -0.15) is 0 Å². The topological polar surface area (TPSA) is 73.2 Å². The number of nitrogens with zero attached hydrogens (tertiary/aromatic N) is 2. The van der Waals surface area contributed by atoms with Crippen molar-refractivity contribution < 1.29 is 14.3 Å². The Kier molecular flexibility index (Phi) is 6.88. The van der Waals surface area contributed by atoms with Crippen LogP contribution in [0.25, 0.3) is 11.0 Å². The Labute approximate surface area is 174 Å². The van der Waals surface area contributed by atoms with Gasteiger partial charge in [0, 0.05) is 18.0 Å². The second-order valence-electron chi connectivity index (χ2n) is 6.87. The number of imidazole rings is 1. The highest BCUT2D eigenvalue weighted by Crippen LogP contribution is 2.22. The standard InChI is InChI=1S/C22H24ClN3O3/c1-15(16(2)27)26-20-7-4-3-6-19(20)25-21(26)8-5-13-24-22(28)14-29-18-11-9-17(23)10-12-18/h3-4,6-7,9-12,15H,5,8,13-14H2,1-2H3,(H,24,28). The Morgan fingerprint density at radius 3 is 2.62 bits per heavy atom. The molecule has 1 unspecified atom stereocenters. The summed E-state index contributed by atoms with van der Waals surface area (Å²) in [7, 11) is 0. The van der Waals surface area contributed by atoms with Crippen LogP contribution < -0.4 is 10.1 Å².